The number of hydrogen-bond acceptors (Lipinski definition) is 5. The van der Waals surface area contributed by atoms with E-state index in [4.69, 9.17) is 0 Å². The summed E-state index contributed by atoms with van der Waals surface area (Å²) in [6, 6.07) is 2.95. The predicted molar refractivity (Wildman–Crippen MR) is 69.3 cm³/mol. The smallest absolute Gasteiger partial charge is 0.305 e. The van der Waals surface area contributed by atoms with Crippen molar-refractivity contribution < 1.29 is 18.1 Å². The second kappa shape index (κ2) is 5.35. The molecule has 0 atom stereocenters. The summed E-state index contributed by atoms with van der Waals surface area (Å²) in [5.74, 6) is -1.42. The van der Waals surface area contributed by atoms with Gasteiger partial charge < -0.3 is 5.32 Å². The number of nitrogens with one attached hydrogen (secondary N) is 1. The van der Waals surface area contributed by atoms with E-state index in [1.807, 2.05) is 0 Å². The standard InChI is InChI=1S/C11H14N2O5S/c1-7-4-10(12-9(3)14)5-8(2)11(7)19(17,18)6-13(15)16/h4-5H,6H2,1-3H3,(H,12,14). The van der Waals surface area contributed by atoms with Crippen LogP contribution in [0.5, 0.6) is 0 Å². The Labute approximate surface area is 110 Å². The Morgan fingerprint density at radius 3 is 2.16 bits per heavy atom. The molecule has 7 nitrogen and oxygen atoms in total. The summed E-state index contributed by atoms with van der Waals surface area (Å²) in [4.78, 5) is 20.4. The summed E-state index contributed by atoms with van der Waals surface area (Å²) in [6.45, 7) is 4.40. The molecule has 1 rings (SSSR count). The first-order valence-electron chi connectivity index (χ1n) is 5.37. The number of nitro groups is 1. The molecule has 0 unspecified atom stereocenters. The topological polar surface area (TPSA) is 106 Å². The van der Waals surface area contributed by atoms with Crippen molar-refractivity contribution in [2.45, 2.75) is 25.7 Å². The molecule has 1 N–H and O–H groups in total. The third-order valence-corrected chi connectivity index (χ3v) is 4.18. The van der Waals surface area contributed by atoms with E-state index in [0.717, 1.165) is 0 Å². The molecule has 0 bridgehead atoms. The molecule has 1 aromatic rings. The molecule has 19 heavy (non-hydrogen) atoms. The molecular weight excluding hydrogens is 272 g/mol. The van der Waals surface area contributed by atoms with Gasteiger partial charge in [0, 0.05) is 17.5 Å². The zero-order valence-corrected chi connectivity index (χ0v) is 11.6. The first-order chi connectivity index (χ1) is 8.63. The first-order valence-corrected chi connectivity index (χ1v) is 7.02. The number of rotatable bonds is 4. The van der Waals surface area contributed by atoms with Crippen LogP contribution in [0.1, 0.15) is 18.1 Å². The van der Waals surface area contributed by atoms with Crippen molar-refractivity contribution in [2.75, 3.05) is 11.2 Å². The number of benzene rings is 1. The van der Waals surface area contributed by atoms with Crippen molar-refractivity contribution in [1.29, 1.82) is 0 Å². The molecule has 1 aromatic carbocycles. The molecular formula is C11H14N2O5S. The second-order valence-electron chi connectivity index (χ2n) is 4.20. The Morgan fingerprint density at radius 2 is 1.79 bits per heavy atom. The van der Waals surface area contributed by atoms with Gasteiger partial charge in [-0.1, -0.05) is 0 Å². The fourth-order valence-electron chi connectivity index (χ4n) is 1.92. The summed E-state index contributed by atoms with van der Waals surface area (Å²) >= 11 is 0. The van der Waals surface area contributed by atoms with Gasteiger partial charge in [0.2, 0.25) is 15.7 Å². The molecule has 8 heteroatoms. The van der Waals surface area contributed by atoms with Gasteiger partial charge in [-0.2, -0.15) is 0 Å². The van der Waals surface area contributed by atoms with E-state index < -0.39 is 20.6 Å². The van der Waals surface area contributed by atoms with Crippen LogP contribution >= 0.6 is 0 Å². The van der Waals surface area contributed by atoms with E-state index in [9.17, 15) is 23.3 Å². The van der Waals surface area contributed by atoms with Gasteiger partial charge in [0.15, 0.2) is 0 Å². The van der Waals surface area contributed by atoms with Gasteiger partial charge in [0.05, 0.1) is 4.90 Å². The van der Waals surface area contributed by atoms with Crippen LogP contribution in [0.3, 0.4) is 0 Å². The maximum Gasteiger partial charge on any atom is 0.305 e. The van der Waals surface area contributed by atoms with E-state index in [-0.39, 0.29) is 10.8 Å². The summed E-state index contributed by atoms with van der Waals surface area (Å²) < 4.78 is 23.8. The van der Waals surface area contributed by atoms with Crippen LogP contribution in [0.2, 0.25) is 0 Å². The highest BCUT2D eigenvalue weighted by Crippen LogP contribution is 2.25. The Morgan fingerprint density at radius 1 is 1.32 bits per heavy atom. The Kier molecular flexibility index (Phi) is 4.25. The van der Waals surface area contributed by atoms with Gasteiger partial charge in [-0.05, 0) is 37.1 Å². The number of carbonyl (C=O) groups excluding carboxylic acids is 1. The molecule has 0 spiro atoms. The zero-order chi connectivity index (χ0) is 14.8. The number of amides is 1. The lowest BCUT2D eigenvalue weighted by Gasteiger charge is -2.11. The van der Waals surface area contributed by atoms with Crippen molar-refractivity contribution in [2.24, 2.45) is 0 Å². The minimum atomic E-state index is -3.98. The quantitative estimate of drug-likeness (QED) is 0.662. The minimum absolute atomic E-state index is 0.0571. The zero-order valence-electron chi connectivity index (χ0n) is 10.8. The number of nitrogens with zero attached hydrogens (tertiary/aromatic N) is 1. The number of carbonyl (C=O) groups is 1. The fraction of sp³-hybridized carbons (Fsp3) is 0.364. The number of anilines is 1. The van der Waals surface area contributed by atoms with Crippen molar-refractivity contribution in [3.63, 3.8) is 0 Å². The van der Waals surface area contributed by atoms with E-state index >= 15 is 0 Å². The van der Waals surface area contributed by atoms with Crippen LogP contribution in [-0.2, 0) is 14.6 Å². The lowest BCUT2D eigenvalue weighted by Crippen LogP contribution is -2.17. The molecule has 104 valence electrons. The van der Waals surface area contributed by atoms with Crippen LogP contribution in [0.15, 0.2) is 17.0 Å². The number of aryl methyl sites for hydroxylation is 2. The lowest BCUT2D eigenvalue weighted by atomic mass is 10.1. The normalized spacial score (nSPS) is 11.1. The number of sulfone groups is 1. The van der Waals surface area contributed by atoms with Crippen LogP contribution in [-0.4, -0.2) is 25.1 Å². The van der Waals surface area contributed by atoms with Crippen molar-refractivity contribution in [1.82, 2.24) is 0 Å². The van der Waals surface area contributed by atoms with Gasteiger partial charge in [-0.25, -0.2) is 8.42 Å². The monoisotopic (exact) mass is 286 g/mol. The molecule has 0 heterocycles. The molecule has 1 amide bonds. The molecule has 0 radical (unpaired) electrons. The van der Waals surface area contributed by atoms with Gasteiger partial charge in [0.1, 0.15) is 0 Å². The summed E-state index contributed by atoms with van der Waals surface area (Å²) in [7, 11) is -3.98. The van der Waals surface area contributed by atoms with Crippen molar-refractivity contribution in [3.8, 4) is 0 Å². The van der Waals surface area contributed by atoms with Crippen LogP contribution in [0.4, 0.5) is 5.69 Å². The van der Waals surface area contributed by atoms with E-state index in [1.165, 1.54) is 32.9 Å². The third kappa shape index (κ3) is 3.75. The highest BCUT2D eigenvalue weighted by atomic mass is 32.2. The van der Waals surface area contributed by atoms with Gasteiger partial charge in [-0.3, -0.25) is 14.9 Å². The minimum Gasteiger partial charge on any atom is -0.326 e. The Hall–Kier alpha value is -1.96. The molecule has 0 fully saturated rings. The SMILES string of the molecule is CC(=O)Nc1cc(C)c(S(=O)(=O)C[N+](=O)[O-])c(C)c1. The molecule has 0 saturated carbocycles. The lowest BCUT2D eigenvalue weighted by molar-refractivity contribution is -0.458. The number of hydrogen-bond donors (Lipinski definition) is 1. The largest absolute Gasteiger partial charge is 0.326 e. The van der Waals surface area contributed by atoms with Crippen molar-refractivity contribution in [3.05, 3.63) is 33.4 Å². The molecule has 0 aromatic heterocycles. The van der Waals surface area contributed by atoms with E-state index in [2.05, 4.69) is 5.32 Å². The summed E-state index contributed by atoms with van der Waals surface area (Å²) in [6.07, 6.45) is 0. The maximum absolute atomic E-state index is 11.9. The molecule has 0 aliphatic heterocycles. The Bertz CT molecular complexity index is 613. The summed E-state index contributed by atoms with van der Waals surface area (Å²) in [5, 5.41) is 12.9. The second-order valence-corrected chi connectivity index (χ2v) is 6.09. The predicted octanol–water partition coefficient (Wildman–Crippen LogP) is 1.27. The molecule has 0 aliphatic carbocycles. The maximum atomic E-state index is 11.9. The fourth-order valence-corrected chi connectivity index (χ4v) is 3.43. The molecule has 0 aliphatic rings. The first kappa shape index (κ1) is 15.1. The average molecular weight is 286 g/mol. The van der Waals surface area contributed by atoms with Crippen molar-refractivity contribution >= 4 is 21.4 Å². The highest BCUT2D eigenvalue weighted by Gasteiger charge is 2.25. The Balaban J connectivity index is 3.32. The summed E-state index contributed by atoms with van der Waals surface area (Å²) in [5.41, 5.74) is 1.19. The highest BCUT2D eigenvalue weighted by molar-refractivity contribution is 7.91. The van der Waals surface area contributed by atoms with Gasteiger partial charge in [0.25, 0.3) is 0 Å². The van der Waals surface area contributed by atoms with Gasteiger partial charge >= 0.3 is 5.88 Å². The van der Waals surface area contributed by atoms with Crippen LogP contribution < -0.4 is 5.32 Å². The molecule has 0 saturated heterocycles. The third-order valence-electron chi connectivity index (χ3n) is 2.37. The van der Waals surface area contributed by atoms with Crippen LogP contribution in [0.25, 0.3) is 0 Å². The van der Waals surface area contributed by atoms with Crippen LogP contribution in [0, 0.1) is 24.0 Å². The average Bonchev–Trinajstić information content (AvgIpc) is 2.10. The van der Waals surface area contributed by atoms with E-state index in [1.54, 1.807) is 0 Å². The van der Waals surface area contributed by atoms with E-state index in [0.29, 0.717) is 16.8 Å². The van der Waals surface area contributed by atoms with Gasteiger partial charge in [-0.15, -0.1) is 0 Å².